The van der Waals surface area contributed by atoms with Crippen LogP contribution in [0.25, 0.3) is 21.8 Å². The summed E-state index contributed by atoms with van der Waals surface area (Å²) in [5.74, 6) is -1.27. The summed E-state index contributed by atoms with van der Waals surface area (Å²) in [7, 11) is 0. The Labute approximate surface area is 163 Å². The molecule has 0 saturated carbocycles. The molecule has 0 aliphatic rings. The number of hydrogen-bond acceptors (Lipinski definition) is 4. The van der Waals surface area contributed by atoms with E-state index in [4.69, 9.17) is 16.4 Å². The maximum Gasteiger partial charge on any atom is 0.141 e. The number of benzene rings is 2. The van der Waals surface area contributed by atoms with Gasteiger partial charge in [0.15, 0.2) is 0 Å². The fourth-order valence-corrected chi connectivity index (χ4v) is 1.53. The molecule has 0 aliphatic carbocycles. The monoisotopic (exact) mass is 366 g/mol. The number of nitrogens with zero attached hydrogens (tertiary/aromatic N) is 2. The minimum Gasteiger partial charge on any atom is -0.506 e. The molecule has 4 aromatic rings. The van der Waals surface area contributed by atoms with Gasteiger partial charge >= 0.3 is 0 Å². The average molecular weight is 368 g/mol. The second kappa shape index (κ2) is 7.66. The van der Waals surface area contributed by atoms with Crippen molar-refractivity contribution in [1.29, 1.82) is 0 Å². The van der Waals surface area contributed by atoms with Crippen LogP contribution in [0.3, 0.4) is 0 Å². The summed E-state index contributed by atoms with van der Waals surface area (Å²) in [5, 5.41) is 18.9. The van der Waals surface area contributed by atoms with Crippen molar-refractivity contribution in [1.82, 2.24) is 9.97 Å². The Morgan fingerprint density at radius 1 is 0.652 bits per heavy atom. The first-order chi connectivity index (χ1) is 15.7. The van der Waals surface area contributed by atoms with Gasteiger partial charge in [-0.15, -0.1) is 0 Å². The van der Waals surface area contributed by atoms with Crippen molar-refractivity contribution < 1.29 is 46.1 Å². The minimum absolute atomic E-state index is 0. The van der Waals surface area contributed by atoms with Gasteiger partial charge in [0.2, 0.25) is 0 Å². The van der Waals surface area contributed by atoms with Crippen molar-refractivity contribution in [3.63, 3.8) is 0 Å². The van der Waals surface area contributed by atoms with Crippen molar-refractivity contribution in [2.75, 3.05) is 0 Å². The SMILES string of the molecule is [2H]c1nc2c(O)c([2H])c([2H])c([2H])c2c([2H])c1[2H].[2H]c1nc2c(O)c([2H])c([2H])c([2H])c2c([2H])c1[2H].[Zn]. The molecule has 0 radical (unpaired) electrons. The van der Waals surface area contributed by atoms with Crippen LogP contribution in [0.4, 0.5) is 0 Å². The molecule has 0 amide bonds. The quantitative estimate of drug-likeness (QED) is 0.463. The number of hydrogen-bond donors (Lipinski definition) is 2. The van der Waals surface area contributed by atoms with E-state index in [1.54, 1.807) is 0 Å². The van der Waals surface area contributed by atoms with E-state index >= 15 is 0 Å². The van der Waals surface area contributed by atoms with Gasteiger partial charge in [0.05, 0.1) is 16.4 Å². The second-order valence-electron chi connectivity index (χ2n) is 3.84. The van der Waals surface area contributed by atoms with E-state index in [9.17, 15) is 10.2 Å². The molecule has 2 N–H and O–H groups in total. The number of para-hydroxylation sites is 2. The Kier molecular flexibility index (Phi) is 2.31. The zero-order chi connectivity index (χ0) is 25.8. The van der Waals surface area contributed by atoms with E-state index in [1.807, 2.05) is 0 Å². The van der Waals surface area contributed by atoms with E-state index in [2.05, 4.69) is 9.97 Å². The molecule has 0 aliphatic heterocycles. The molecule has 0 unspecified atom stereocenters. The standard InChI is InChI=1S/2C9H7NO.Zn/c2*11-8-5-1-3-7-4-2-6-10-9(7)8;/h2*1-6,11H;/i2*1D,2D,3D,4D,5D,6D;. The Hall–Kier alpha value is -2.52. The molecule has 0 fully saturated rings. The average Bonchev–Trinajstić information content (AvgIpc) is 2.80. The predicted octanol–water partition coefficient (Wildman–Crippen LogP) is 3.88. The first kappa shape index (κ1) is 6.94. The van der Waals surface area contributed by atoms with Crippen LogP contribution in [-0.4, -0.2) is 20.2 Å². The molecule has 2 heterocycles. The zero-order valence-corrected chi connectivity index (χ0v) is 14.5. The molecule has 23 heavy (non-hydrogen) atoms. The Morgan fingerprint density at radius 2 is 1.04 bits per heavy atom. The Morgan fingerprint density at radius 3 is 1.48 bits per heavy atom. The summed E-state index contributed by atoms with van der Waals surface area (Å²) < 4.78 is 89.6. The molecule has 0 spiro atoms. The molecule has 5 heteroatoms. The molecule has 110 valence electrons. The van der Waals surface area contributed by atoms with Crippen LogP contribution in [0.15, 0.2) is 72.8 Å². The summed E-state index contributed by atoms with van der Waals surface area (Å²) in [6.45, 7) is 0. The maximum absolute atomic E-state index is 9.62. The Balaban J connectivity index is 0.000000240. The van der Waals surface area contributed by atoms with Crippen molar-refractivity contribution >= 4 is 21.8 Å². The number of rotatable bonds is 0. The van der Waals surface area contributed by atoms with Gasteiger partial charge in [-0.2, -0.15) is 0 Å². The van der Waals surface area contributed by atoms with E-state index in [0.717, 1.165) is 0 Å². The topological polar surface area (TPSA) is 66.2 Å². The van der Waals surface area contributed by atoms with Crippen LogP contribution in [0.5, 0.6) is 11.5 Å². The van der Waals surface area contributed by atoms with Gasteiger partial charge in [0, 0.05) is 42.6 Å². The summed E-state index contributed by atoms with van der Waals surface area (Å²) in [4.78, 5) is 7.17. The summed E-state index contributed by atoms with van der Waals surface area (Å²) in [5.41, 5.74) is -0.496. The maximum atomic E-state index is 9.62. The van der Waals surface area contributed by atoms with E-state index < -0.39 is 84.3 Å². The first-order valence-electron chi connectivity index (χ1n) is 11.8. The van der Waals surface area contributed by atoms with Crippen LogP contribution in [-0.2, 0) is 19.5 Å². The van der Waals surface area contributed by atoms with E-state index in [0.29, 0.717) is 0 Å². The molecule has 2 aromatic heterocycles. The molecule has 4 nitrogen and oxygen atoms in total. The molecule has 0 atom stereocenters. The third kappa shape index (κ3) is 3.82. The van der Waals surface area contributed by atoms with Gasteiger partial charge in [-0.3, -0.25) is 9.97 Å². The summed E-state index contributed by atoms with van der Waals surface area (Å²) in [6, 6.07) is -4.86. The van der Waals surface area contributed by atoms with Crippen LogP contribution in [0.1, 0.15) is 16.4 Å². The van der Waals surface area contributed by atoms with Crippen molar-refractivity contribution in [3.8, 4) is 11.5 Å². The van der Waals surface area contributed by atoms with Gasteiger partial charge in [-0.25, -0.2) is 0 Å². The van der Waals surface area contributed by atoms with Crippen LogP contribution in [0, 0.1) is 0 Å². The fraction of sp³-hybridized carbons (Fsp3) is 0. The third-order valence-corrected chi connectivity index (χ3v) is 2.48. The van der Waals surface area contributed by atoms with E-state index in [-0.39, 0.29) is 41.3 Å². The van der Waals surface area contributed by atoms with E-state index in [1.165, 1.54) is 0 Å². The second-order valence-corrected chi connectivity index (χ2v) is 3.84. The zero-order valence-electron chi connectivity index (χ0n) is 23.5. The molecule has 0 saturated heterocycles. The number of phenolic OH excluding ortho intramolecular Hbond substituents is 2. The minimum atomic E-state index is -0.636. The van der Waals surface area contributed by atoms with Crippen LogP contribution < -0.4 is 0 Å². The first-order valence-corrected chi connectivity index (χ1v) is 5.84. The number of phenols is 2. The summed E-state index contributed by atoms with van der Waals surface area (Å²) in [6.07, 6.45) is -1.01. The van der Waals surface area contributed by atoms with Gasteiger partial charge in [0.25, 0.3) is 0 Å². The Bertz CT molecular complexity index is 1390. The van der Waals surface area contributed by atoms with Crippen LogP contribution in [0.2, 0.25) is 0 Å². The van der Waals surface area contributed by atoms with Gasteiger partial charge in [-0.05, 0) is 24.2 Å². The summed E-state index contributed by atoms with van der Waals surface area (Å²) >= 11 is 0. The smallest absolute Gasteiger partial charge is 0.141 e. The number of pyridine rings is 2. The van der Waals surface area contributed by atoms with Gasteiger partial charge in [-0.1, -0.05) is 36.3 Å². The number of aromatic hydroxyl groups is 2. The molecular weight excluding hydrogens is 342 g/mol. The predicted molar refractivity (Wildman–Crippen MR) is 86.8 cm³/mol. The van der Waals surface area contributed by atoms with Gasteiger partial charge in [0.1, 0.15) is 22.5 Å². The normalized spacial score (nSPS) is 17.0. The van der Waals surface area contributed by atoms with Gasteiger partial charge < -0.3 is 10.2 Å². The molecule has 0 bridgehead atoms. The number of aromatic nitrogens is 2. The molecule has 2 aromatic carbocycles. The third-order valence-electron chi connectivity index (χ3n) is 2.48. The van der Waals surface area contributed by atoms with Crippen LogP contribution >= 0.6 is 0 Å². The largest absolute Gasteiger partial charge is 0.506 e. The van der Waals surface area contributed by atoms with Crippen molar-refractivity contribution in [2.24, 2.45) is 0 Å². The molecular formula is C18H14N2O2Zn. The molecule has 4 rings (SSSR count). The van der Waals surface area contributed by atoms with Crippen molar-refractivity contribution in [3.05, 3.63) is 72.8 Å². The van der Waals surface area contributed by atoms with Crippen molar-refractivity contribution in [2.45, 2.75) is 0 Å². The number of fused-ring (bicyclic) bond motifs is 2. The fourth-order valence-electron chi connectivity index (χ4n) is 1.53.